The van der Waals surface area contributed by atoms with Crippen molar-refractivity contribution < 1.29 is 9.90 Å². The van der Waals surface area contributed by atoms with Gasteiger partial charge in [-0.3, -0.25) is 4.79 Å². The number of nitrogens with two attached hydrogens (primary N) is 1. The van der Waals surface area contributed by atoms with Gasteiger partial charge in [-0.15, -0.1) is 0 Å². The lowest BCUT2D eigenvalue weighted by Crippen LogP contribution is -2.34. The molecule has 2 aromatic rings. The lowest BCUT2D eigenvalue weighted by atomic mass is 10.1. The first-order valence-electron chi connectivity index (χ1n) is 6.06. The van der Waals surface area contributed by atoms with Crippen molar-refractivity contribution in [2.75, 3.05) is 23.8 Å². The molecule has 4 heteroatoms. The summed E-state index contributed by atoms with van der Waals surface area (Å²) < 4.78 is 0. The minimum atomic E-state index is -0.174. The molecule has 0 atom stereocenters. The van der Waals surface area contributed by atoms with Crippen LogP contribution in [0.3, 0.4) is 0 Å². The Hall–Kier alpha value is -2.33. The molecule has 0 bridgehead atoms. The lowest BCUT2D eigenvalue weighted by molar-refractivity contribution is 0.0981. The molecule has 0 saturated carbocycles. The zero-order valence-electron chi connectivity index (χ0n) is 10.5. The van der Waals surface area contributed by atoms with Crippen molar-refractivity contribution in [3.05, 3.63) is 60.2 Å². The number of hydrogen-bond donors (Lipinski definition) is 2. The van der Waals surface area contributed by atoms with Crippen molar-refractivity contribution >= 4 is 17.3 Å². The fourth-order valence-electron chi connectivity index (χ4n) is 1.90. The Morgan fingerprint density at radius 1 is 1.05 bits per heavy atom. The smallest absolute Gasteiger partial charge is 0.258 e. The average molecular weight is 256 g/mol. The van der Waals surface area contributed by atoms with Gasteiger partial charge >= 0.3 is 0 Å². The van der Waals surface area contributed by atoms with Crippen LogP contribution in [0.1, 0.15) is 10.4 Å². The quantitative estimate of drug-likeness (QED) is 0.821. The Bertz CT molecular complexity index is 555. The summed E-state index contributed by atoms with van der Waals surface area (Å²) in [4.78, 5) is 13.9. The molecule has 0 radical (unpaired) electrons. The predicted molar refractivity (Wildman–Crippen MR) is 76.1 cm³/mol. The number of carbonyl (C=O) groups excluding carboxylic acids is 1. The Balaban J connectivity index is 2.36. The SMILES string of the molecule is Nc1ccccc1N(CCO)C(=O)c1ccccc1. The minimum absolute atomic E-state index is 0.118. The number of benzene rings is 2. The molecule has 0 saturated heterocycles. The molecule has 0 aliphatic carbocycles. The third-order valence-corrected chi connectivity index (χ3v) is 2.82. The van der Waals surface area contributed by atoms with Gasteiger partial charge in [0.05, 0.1) is 18.0 Å². The van der Waals surface area contributed by atoms with Gasteiger partial charge in [-0.25, -0.2) is 0 Å². The van der Waals surface area contributed by atoms with Crippen LogP contribution in [0.5, 0.6) is 0 Å². The van der Waals surface area contributed by atoms with Gasteiger partial charge in [0.15, 0.2) is 0 Å². The molecule has 4 nitrogen and oxygen atoms in total. The van der Waals surface area contributed by atoms with E-state index in [0.29, 0.717) is 16.9 Å². The second kappa shape index (κ2) is 6.02. The fourth-order valence-corrected chi connectivity index (χ4v) is 1.90. The largest absolute Gasteiger partial charge is 0.397 e. The lowest BCUT2D eigenvalue weighted by Gasteiger charge is -2.23. The van der Waals surface area contributed by atoms with Crippen LogP contribution in [-0.4, -0.2) is 24.2 Å². The van der Waals surface area contributed by atoms with Crippen molar-refractivity contribution in [2.45, 2.75) is 0 Å². The Labute approximate surface area is 112 Å². The van der Waals surface area contributed by atoms with E-state index >= 15 is 0 Å². The van der Waals surface area contributed by atoms with Gasteiger partial charge in [-0.1, -0.05) is 30.3 Å². The number of amides is 1. The molecule has 0 fully saturated rings. The number of aliphatic hydroxyl groups is 1. The van der Waals surface area contributed by atoms with E-state index in [4.69, 9.17) is 10.8 Å². The first-order chi connectivity index (χ1) is 9.24. The van der Waals surface area contributed by atoms with Crippen molar-refractivity contribution in [3.8, 4) is 0 Å². The monoisotopic (exact) mass is 256 g/mol. The molecule has 0 heterocycles. The first-order valence-corrected chi connectivity index (χ1v) is 6.06. The van der Waals surface area contributed by atoms with Gasteiger partial charge in [0, 0.05) is 12.1 Å². The second-order valence-corrected chi connectivity index (χ2v) is 4.11. The molecule has 0 aliphatic rings. The predicted octanol–water partition coefficient (Wildman–Crippen LogP) is 1.91. The van der Waals surface area contributed by atoms with Gasteiger partial charge in [0.2, 0.25) is 0 Å². The van der Waals surface area contributed by atoms with E-state index in [0.717, 1.165) is 0 Å². The van der Waals surface area contributed by atoms with E-state index in [-0.39, 0.29) is 19.1 Å². The van der Waals surface area contributed by atoms with Crippen molar-refractivity contribution in [1.82, 2.24) is 0 Å². The first kappa shape index (κ1) is 13.1. The number of nitrogen functional groups attached to an aromatic ring is 1. The van der Waals surface area contributed by atoms with Gasteiger partial charge in [0.25, 0.3) is 5.91 Å². The van der Waals surface area contributed by atoms with Crippen LogP contribution < -0.4 is 10.6 Å². The number of carbonyl (C=O) groups is 1. The minimum Gasteiger partial charge on any atom is -0.397 e. The topological polar surface area (TPSA) is 66.6 Å². The molecule has 19 heavy (non-hydrogen) atoms. The number of nitrogens with zero attached hydrogens (tertiary/aromatic N) is 1. The number of anilines is 2. The van der Waals surface area contributed by atoms with E-state index < -0.39 is 0 Å². The molecule has 0 aliphatic heterocycles. The highest BCUT2D eigenvalue weighted by atomic mass is 16.3. The van der Waals surface area contributed by atoms with Crippen LogP contribution in [-0.2, 0) is 0 Å². The second-order valence-electron chi connectivity index (χ2n) is 4.11. The Morgan fingerprint density at radius 3 is 2.32 bits per heavy atom. The summed E-state index contributed by atoms with van der Waals surface area (Å²) in [7, 11) is 0. The summed E-state index contributed by atoms with van der Waals surface area (Å²) >= 11 is 0. The maximum atomic E-state index is 12.4. The normalized spacial score (nSPS) is 10.2. The standard InChI is InChI=1S/C15H16N2O2/c16-13-8-4-5-9-14(13)17(10-11-18)15(19)12-6-2-1-3-7-12/h1-9,18H,10-11,16H2. The third kappa shape index (κ3) is 2.92. The van der Waals surface area contributed by atoms with Gasteiger partial charge < -0.3 is 15.7 Å². The van der Waals surface area contributed by atoms with Crippen LogP contribution in [0.15, 0.2) is 54.6 Å². The molecule has 2 aromatic carbocycles. The van der Waals surface area contributed by atoms with Crippen LogP contribution in [0.25, 0.3) is 0 Å². The van der Waals surface area contributed by atoms with Crippen LogP contribution >= 0.6 is 0 Å². The number of para-hydroxylation sites is 2. The van der Waals surface area contributed by atoms with Crippen LogP contribution in [0.2, 0.25) is 0 Å². The number of hydrogen-bond acceptors (Lipinski definition) is 3. The molecular weight excluding hydrogens is 240 g/mol. The Kier molecular flexibility index (Phi) is 4.15. The van der Waals surface area contributed by atoms with Crippen molar-refractivity contribution in [2.24, 2.45) is 0 Å². The number of rotatable bonds is 4. The molecular formula is C15H16N2O2. The van der Waals surface area contributed by atoms with E-state index in [9.17, 15) is 4.79 Å². The summed E-state index contributed by atoms with van der Waals surface area (Å²) in [5.41, 5.74) is 7.59. The maximum Gasteiger partial charge on any atom is 0.258 e. The Morgan fingerprint density at radius 2 is 1.68 bits per heavy atom. The molecule has 98 valence electrons. The molecule has 1 amide bonds. The highest BCUT2D eigenvalue weighted by molar-refractivity contribution is 6.07. The summed E-state index contributed by atoms with van der Waals surface area (Å²) in [5, 5.41) is 9.15. The highest BCUT2D eigenvalue weighted by Gasteiger charge is 2.18. The highest BCUT2D eigenvalue weighted by Crippen LogP contribution is 2.23. The van der Waals surface area contributed by atoms with Crippen molar-refractivity contribution in [3.63, 3.8) is 0 Å². The molecule has 0 spiro atoms. The maximum absolute atomic E-state index is 12.4. The van der Waals surface area contributed by atoms with Gasteiger partial charge in [0.1, 0.15) is 0 Å². The van der Waals surface area contributed by atoms with E-state index in [2.05, 4.69) is 0 Å². The molecule has 3 N–H and O–H groups in total. The van der Waals surface area contributed by atoms with Gasteiger partial charge in [-0.05, 0) is 24.3 Å². The van der Waals surface area contributed by atoms with Gasteiger partial charge in [-0.2, -0.15) is 0 Å². The van der Waals surface area contributed by atoms with E-state index in [1.54, 1.807) is 36.4 Å². The average Bonchev–Trinajstić information content (AvgIpc) is 2.46. The summed E-state index contributed by atoms with van der Waals surface area (Å²) in [6.45, 7) is 0.0921. The fraction of sp³-hybridized carbons (Fsp3) is 0.133. The molecule has 0 unspecified atom stereocenters. The van der Waals surface area contributed by atoms with Crippen LogP contribution in [0.4, 0.5) is 11.4 Å². The molecule has 2 rings (SSSR count). The van der Waals surface area contributed by atoms with E-state index in [1.165, 1.54) is 4.90 Å². The number of aliphatic hydroxyl groups excluding tert-OH is 1. The molecule has 0 aromatic heterocycles. The van der Waals surface area contributed by atoms with Crippen LogP contribution in [0, 0.1) is 0 Å². The van der Waals surface area contributed by atoms with E-state index in [1.807, 2.05) is 18.2 Å². The zero-order valence-corrected chi connectivity index (χ0v) is 10.5. The zero-order chi connectivity index (χ0) is 13.7. The summed E-state index contributed by atoms with van der Waals surface area (Å²) in [6, 6.07) is 16.1. The third-order valence-electron chi connectivity index (χ3n) is 2.82. The summed E-state index contributed by atoms with van der Waals surface area (Å²) in [6.07, 6.45) is 0. The van der Waals surface area contributed by atoms with Crippen molar-refractivity contribution in [1.29, 1.82) is 0 Å². The summed E-state index contributed by atoms with van der Waals surface area (Å²) in [5.74, 6) is -0.174.